The summed E-state index contributed by atoms with van der Waals surface area (Å²) in [5.74, 6) is -0.552. The molecule has 0 atom stereocenters. The maximum atomic E-state index is 12.5. The lowest BCUT2D eigenvalue weighted by molar-refractivity contribution is -0.0790. The summed E-state index contributed by atoms with van der Waals surface area (Å²) < 4.78 is 47.5. The van der Waals surface area contributed by atoms with Crippen molar-refractivity contribution in [1.29, 1.82) is 0 Å². The first-order valence-electron chi connectivity index (χ1n) is 3.49. The Morgan fingerprint density at radius 3 is 2.38 bits per heavy atom. The second-order valence-corrected chi connectivity index (χ2v) is 2.43. The SMILES string of the molecule is Fc1cccc(/C=C/C(F)(F)F)c1. The summed E-state index contributed by atoms with van der Waals surface area (Å²) in [5, 5.41) is 0. The molecule has 0 aliphatic carbocycles. The first-order chi connectivity index (χ1) is 5.97. The van der Waals surface area contributed by atoms with Gasteiger partial charge in [-0.1, -0.05) is 12.1 Å². The lowest BCUT2D eigenvalue weighted by Crippen LogP contribution is -2.00. The molecule has 0 radical (unpaired) electrons. The van der Waals surface area contributed by atoms with Crippen LogP contribution in [0.1, 0.15) is 5.56 Å². The topological polar surface area (TPSA) is 0 Å². The summed E-state index contributed by atoms with van der Waals surface area (Å²) >= 11 is 0. The van der Waals surface area contributed by atoms with Crippen LogP contribution in [0.3, 0.4) is 0 Å². The Bertz CT molecular complexity index is 312. The molecule has 0 fully saturated rings. The van der Waals surface area contributed by atoms with Crippen molar-refractivity contribution in [2.24, 2.45) is 0 Å². The van der Waals surface area contributed by atoms with Crippen molar-refractivity contribution >= 4 is 6.08 Å². The van der Waals surface area contributed by atoms with Crippen LogP contribution in [-0.2, 0) is 0 Å². The summed E-state index contributed by atoms with van der Waals surface area (Å²) in [6.07, 6.45) is -3.46. The molecule has 4 heteroatoms. The van der Waals surface area contributed by atoms with E-state index in [2.05, 4.69) is 0 Å². The van der Waals surface area contributed by atoms with Gasteiger partial charge in [0.2, 0.25) is 0 Å². The van der Waals surface area contributed by atoms with E-state index in [0.717, 1.165) is 12.1 Å². The predicted octanol–water partition coefficient (Wildman–Crippen LogP) is 3.40. The third-order valence-corrected chi connectivity index (χ3v) is 1.31. The average molecular weight is 190 g/mol. The van der Waals surface area contributed by atoms with Crippen LogP contribution in [0.2, 0.25) is 0 Å². The molecule has 70 valence electrons. The van der Waals surface area contributed by atoms with E-state index in [9.17, 15) is 17.6 Å². The van der Waals surface area contributed by atoms with E-state index in [1.165, 1.54) is 18.2 Å². The summed E-state index contributed by atoms with van der Waals surface area (Å²) in [4.78, 5) is 0. The minimum atomic E-state index is -4.35. The number of hydrogen-bond acceptors (Lipinski definition) is 0. The van der Waals surface area contributed by atoms with Gasteiger partial charge in [-0.15, -0.1) is 0 Å². The Kier molecular flexibility index (Phi) is 2.70. The average Bonchev–Trinajstić information content (AvgIpc) is 2.00. The van der Waals surface area contributed by atoms with Crippen LogP contribution < -0.4 is 0 Å². The van der Waals surface area contributed by atoms with Crippen LogP contribution >= 0.6 is 0 Å². The summed E-state index contributed by atoms with van der Waals surface area (Å²) in [6.45, 7) is 0. The fraction of sp³-hybridized carbons (Fsp3) is 0.111. The molecule has 0 aliphatic heterocycles. The quantitative estimate of drug-likeness (QED) is 0.595. The Labute approximate surface area is 72.5 Å². The van der Waals surface area contributed by atoms with E-state index in [1.54, 1.807) is 0 Å². The third-order valence-electron chi connectivity index (χ3n) is 1.31. The molecule has 0 N–H and O–H groups in total. The van der Waals surface area contributed by atoms with Crippen LogP contribution in [0.4, 0.5) is 17.6 Å². The molecule has 0 bridgehead atoms. The van der Waals surface area contributed by atoms with Crippen molar-refractivity contribution in [3.8, 4) is 0 Å². The van der Waals surface area contributed by atoms with E-state index >= 15 is 0 Å². The highest BCUT2D eigenvalue weighted by molar-refractivity contribution is 5.49. The lowest BCUT2D eigenvalue weighted by atomic mass is 10.2. The Hall–Kier alpha value is -1.32. The molecule has 1 rings (SSSR count). The predicted molar refractivity (Wildman–Crippen MR) is 41.5 cm³/mol. The number of rotatable bonds is 1. The molecule has 0 unspecified atom stereocenters. The lowest BCUT2D eigenvalue weighted by Gasteiger charge is -1.97. The number of benzene rings is 1. The molecule has 0 aromatic heterocycles. The zero-order valence-corrected chi connectivity index (χ0v) is 6.48. The number of halogens is 4. The molecule has 1 aromatic rings. The number of alkyl halides is 3. The molecule has 0 heterocycles. The zero-order chi connectivity index (χ0) is 9.90. The van der Waals surface area contributed by atoms with Gasteiger partial charge in [0.25, 0.3) is 0 Å². The molecule has 0 amide bonds. The maximum Gasteiger partial charge on any atom is 0.409 e. The summed E-state index contributed by atoms with van der Waals surface area (Å²) in [6, 6.07) is 4.95. The first kappa shape index (κ1) is 9.77. The van der Waals surface area contributed by atoms with E-state index in [-0.39, 0.29) is 11.6 Å². The molecule has 13 heavy (non-hydrogen) atoms. The molecule has 0 saturated carbocycles. The standard InChI is InChI=1S/C9H6F4/c10-8-3-1-2-7(6-8)4-5-9(11,12)13/h1-6H/b5-4+. The third kappa shape index (κ3) is 3.73. The smallest absolute Gasteiger partial charge is 0.207 e. The first-order valence-corrected chi connectivity index (χ1v) is 3.49. The van der Waals surface area contributed by atoms with Crippen LogP contribution in [0.15, 0.2) is 30.3 Å². The Morgan fingerprint density at radius 2 is 1.85 bits per heavy atom. The van der Waals surface area contributed by atoms with Crippen molar-refractivity contribution in [3.05, 3.63) is 41.7 Å². The van der Waals surface area contributed by atoms with E-state index in [4.69, 9.17) is 0 Å². The van der Waals surface area contributed by atoms with Crippen molar-refractivity contribution in [2.75, 3.05) is 0 Å². The van der Waals surface area contributed by atoms with Gasteiger partial charge in [0, 0.05) is 6.08 Å². The minimum absolute atomic E-state index is 0.0712. The fourth-order valence-electron chi connectivity index (χ4n) is 0.801. The normalized spacial score (nSPS) is 12.3. The number of allylic oxidation sites excluding steroid dienone is 1. The van der Waals surface area contributed by atoms with Gasteiger partial charge in [0.1, 0.15) is 5.82 Å². The molecule has 0 aliphatic rings. The highest BCUT2D eigenvalue weighted by Crippen LogP contribution is 2.18. The molecule has 0 spiro atoms. The van der Waals surface area contributed by atoms with Gasteiger partial charge in [0.15, 0.2) is 0 Å². The van der Waals surface area contributed by atoms with Crippen molar-refractivity contribution in [2.45, 2.75) is 6.18 Å². The second-order valence-electron chi connectivity index (χ2n) is 2.43. The van der Waals surface area contributed by atoms with Gasteiger partial charge in [-0.25, -0.2) is 4.39 Å². The molecular formula is C9H6F4. The maximum absolute atomic E-state index is 12.5. The van der Waals surface area contributed by atoms with E-state index < -0.39 is 12.0 Å². The summed E-state index contributed by atoms with van der Waals surface area (Å²) in [5.41, 5.74) is 0.192. The largest absolute Gasteiger partial charge is 0.409 e. The van der Waals surface area contributed by atoms with E-state index in [0.29, 0.717) is 0 Å². The van der Waals surface area contributed by atoms with E-state index in [1.807, 2.05) is 0 Å². The van der Waals surface area contributed by atoms with Gasteiger partial charge >= 0.3 is 6.18 Å². The summed E-state index contributed by atoms with van der Waals surface area (Å²) in [7, 11) is 0. The molecule has 0 saturated heterocycles. The monoisotopic (exact) mass is 190 g/mol. The van der Waals surface area contributed by atoms with Crippen LogP contribution in [0, 0.1) is 5.82 Å². The molecule has 1 aromatic carbocycles. The highest BCUT2D eigenvalue weighted by atomic mass is 19.4. The van der Waals surface area contributed by atoms with Gasteiger partial charge < -0.3 is 0 Å². The minimum Gasteiger partial charge on any atom is -0.207 e. The highest BCUT2D eigenvalue weighted by Gasteiger charge is 2.21. The van der Waals surface area contributed by atoms with Crippen molar-refractivity contribution in [3.63, 3.8) is 0 Å². The van der Waals surface area contributed by atoms with Crippen molar-refractivity contribution in [1.82, 2.24) is 0 Å². The molecular weight excluding hydrogens is 184 g/mol. The van der Waals surface area contributed by atoms with Crippen LogP contribution in [-0.4, -0.2) is 6.18 Å². The van der Waals surface area contributed by atoms with Gasteiger partial charge in [0.05, 0.1) is 0 Å². The number of hydrogen-bond donors (Lipinski definition) is 0. The Morgan fingerprint density at radius 1 is 1.15 bits per heavy atom. The van der Waals surface area contributed by atoms with Gasteiger partial charge in [-0.05, 0) is 23.8 Å². The zero-order valence-electron chi connectivity index (χ0n) is 6.48. The molecule has 0 nitrogen and oxygen atoms in total. The second kappa shape index (κ2) is 3.60. The fourth-order valence-corrected chi connectivity index (χ4v) is 0.801. The van der Waals surface area contributed by atoms with Gasteiger partial charge in [-0.3, -0.25) is 0 Å². The Balaban J connectivity index is 2.80. The van der Waals surface area contributed by atoms with Gasteiger partial charge in [-0.2, -0.15) is 13.2 Å². The van der Waals surface area contributed by atoms with Crippen molar-refractivity contribution < 1.29 is 17.6 Å². The van der Waals surface area contributed by atoms with Crippen LogP contribution in [0.5, 0.6) is 0 Å². The van der Waals surface area contributed by atoms with Crippen LogP contribution in [0.25, 0.3) is 6.08 Å².